The summed E-state index contributed by atoms with van der Waals surface area (Å²) in [6.07, 6.45) is -2.87. The van der Waals surface area contributed by atoms with Gasteiger partial charge in [0.2, 0.25) is 11.8 Å². The van der Waals surface area contributed by atoms with Crippen molar-refractivity contribution < 1.29 is 38.8 Å². The molecule has 0 radical (unpaired) electrons. The zero-order valence-electron chi connectivity index (χ0n) is 30.3. The third-order valence-electron chi connectivity index (χ3n) is 9.64. The van der Waals surface area contributed by atoms with Crippen LogP contribution in [0.4, 0.5) is 11.6 Å². The summed E-state index contributed by atoms with van der Waals surface area (Å²) in [4.78, 5) is 24.1. The third-order valence-corrected chi connectivity index (χ3v) is 9.64. The summed E-state index contributed by atoms with van der Waals surface area (Å²) in [5.41, 5.74) is 2.71. The van der Waals surface area contributed by atoms with Crippen LogP contribution >= 0.6 is 0 Å². The van der Waals surface area contributed by atoms with Crippen LogP contribution in [0, 0.1) is 10.1 Å². The van der Waals surface area contributed by atoms with Gasteiger partial charge in [0.05, 0.1) is 38.7 Å². The van der Waals surface area contributed by atoms with Gasteiger partial charge in [0.1, 0.15) is 35.4 Å². The average molecular weight is 749 g/mol. The first-order chi connectivity index (χ1) is 26.7. The summed E-state index contributed by atoms with van der Waals surface area (Å²) in [5, 5.41) is 36.8. The van der Waals surface area contributed by atoms with Crippen molar-refractivity contribution in [1.82, 2.24) is 19.5 Å². The Morgan fingerprint density at radius 2 is 1.47 bits per heavy atom. The number of benzene rings is 4. The number of nitrogens with zero attached hydrogens (tertiary/aromatic N) is 5. The van der Waals surface area contributed by atoms with E-state index in [2.05, 4.69) is 20.3 Å². The number of nitrogens with one attached hydrogen (secondary N) is 1. The number of aliphatic hydroxyl groups is 2. The van der Waals surface area contributed by atoms with Crippen molar-refractivity contribution >= 4 is 22.8 Å². The molecular formula is C40H40N6O9. The highest BCUT2D eigenvalue weighted by Gasteiger charge is 2.47. The van der Waals surface area contributed by atoms with Crippen LogP contribution in [0.2, 0.25) is 0 Å². The van der Waals surface area contributed by atoms with E-state index in [9.17, 15) is 20.3 Å². The number of nitro groups is 1. The Morgan fingerprint density at radius 1 is 0.855 bits per heavy atom. The zero-order valence-corrected chi connectivity index (χ0v) is 30.3. The van der Waals surface area contributed by atoms with Crippen molar-refractivity contribution in [3.05, 3.63) is 142 Å². The molecule has 15 nitrogen and oxygen atoms in total. The van der Waals surface area contributed by atoms with Crippen LogP contribution in [0.3, 0.4) is 0 Å². The predicted molar refractivity (Wildman–Crippen MR) is 201 cm³/mol. The van der Waals surface area contributed by atoms with Crippen molar-refractivity contribution in [1.29, 1.82) is 0 Å². The molecule has 0 bridgehead atoms. The van der Waals surface area contributed by atoms with Crippen molar-refractivity contribution in [3.63, 3.8) is 0 Å². The van der Waals surface area contributed by atoms with Crippen molar-refractivity contribution in [2.75, 3.05) is 39.8 Å². The Labute approximate surface area is 316 Å². The molecular weight excluding hydrogens is 708 g/mol. The number of non-ortho nitro benzene ring substituents is 1. The predicted octanol–water partition coefficient (Wildman–Crippen LogP) is 5.04. The molecule has 4 atom stereocenters. The van der Waals surface area contributed by atoms with E-state index in [0.717, 1.165) is 22.3 Å². The molecule has 0 saturated carbocycles. The second-order valence-corrected chi connectivity index (χ2v) is 12.8. The summed E-state index contributed by atoms with van der Waals surface area (Å²) < 4.78 is 31.8. The van der Waals surface area contributed by atoms with Gasteiger partial charge in [-0.05, 0) is 46.5 Å². The number of aliphatic hydroxyl groups excluding tert-OH is 2. The Balaban J connectivity index is 1.16. The number of fused-ring (bicyclic) bond motifs is 1. The minimum absolute atomic E-state index is 0.00613. The monoisotopic (exact) mass is 748 g/mol. The first-order valence-electron chi connectivity index (χ1n) is 17.5. The summed E-state index contributed by atoms with van der Waals surface area (Å²) in [6, 6.07) is 31.1. The van der Waals surface area contributed by atoms with Gasteiger partial charge in [-0.3, -0.25) is 14.7 Å². The molecule has 1 aliphatic rings. The van der Waals surface area contributed by atoms with Gasteiger partial charge in [-0.1, -0.05) is 66.7 Å². The molecule has 1 aliphatic heterocycles. The van der Waals surface area contributed by atoms with Gasteiger partial charge in [0.25, 0.3) is 5.69 Å². The SMILES string of the molecule is CNc1nc(OCCc2ccc([N+](=O)[O-])cc2)c2ncn([C@@H]3O[C@H](COC(c4ccccc4)(c4ccc(OC)cc4)c4ccc(OC)cc4)[C@@H](O)[C@H]3O)c2n1. The normalized spacial score (nSPS) is 18.3. The van der Waals surface area contributed by atoms with E-state index in [1.807, 2.05) is 78.9 Å². The fraction of sp³-hybridized carbons (Fsp3) is 0.275. The van der Waals surface area contributed by atoms with Crippen molar-refractivity contribution in [2.45, 2.75) is 36.6 Å². The molecule has 0 spiro atoms. The minimum Gasteiger partial charge on any atom is -0.497 e. The standard InChI is InChI=1S/C40H40N6O9/c1-41-39-43-36-33(37(44-39)53-22-21-25-9-15-29(16-10-25)46(49)50)42-24-45(36)38-35(48)34(47)32(55-38)23-54-40(26-7-5-4-6-8-26,27-11-17-30(51-2)18-12-27)28-13-19-31(52-3)20-14-28/h4-20,24,32,34-35,38,47-48H,21-23H2,1-3H3,(H,41,43,44)/t32-,34-,35-,38-/m1/s1. The fourth-order valence-electron chi connectivity index (χ4n) is 6.72. The summed E-state index contributed by atoms with van der Waals surface area (Å²) in [6.45, 7) is 0.0776. The van der Waals surface area contributed by atoms with Gasteiger partial charge in [-0.25, -0.2) is 4.98 Å². The Kier molecular flexibility index (Phi) is 10.9. The first kappa shape index (κ1) is 37.2. The molecule has 4 aromatic carbocycles. The van der Waals surface area contributed by atoms with E-state index >= 15 is 0 Å². The Morgan fingerprint density at radius 3 is 2.05 bits per heavy atom. The Bertz CT molecular complexity index is 2170. The van der Waals surface area contributed by atoms with Gasteiger partial charge in [-0.15, -0.1) is 0 Å². The Hall–Kier alpha value is -6.13. The molecule has 1 saturated heterocycles. The third kappa shape index (κ3) is 7.37. The van der Waals surface area contributed by atoms with Crippen LogP contribution in [0.25, 0.3) is 11.2 Å². The lowest BCUT2D eigenvalue weighted by atomic mass is 9.80. The molecule has 3 heterocycles. The van der Waals surface area contributed by atoms with Gasteiger partial charge in [0, 0.05) is 25.6 Å². The largest absolute Gasteiger partial charge is 0.497 e. The second kappa shape index (κ2) is 16.1. The number of hydrogen-bond donors (Lipinski definition) is 3. The lowest BCUT2D eigenvalue weighted by Crippen LogP contribution is -2.39. The molecule has 3 N–H and O–H groups in total. The minimum atomic E-state index is -1.38. The van der Waals surface area contributed by atoms with E-state index < -0.39 is 35.1 Å². The highest BCUT2D eigenvalue weighted by atomic mass is 16.6. The molecule has 0 unspecified atom stereocenters. The highest BCUT2D eigenvalue weighted by molar-refractivity contribution is 5.78. The van der Waals surface area contributed by atoms with Crippen LogP contribution in [-0.2, 0) is 21.5 Å². The number of methoxy groups -OCH3 is 2. The lowest BCUT2D eigenvalue weighted by molar-refractivity contribution is -0.384. The maximum atomic E-state index is 11.4. The van der Waals surface area contributed by atoms with Gasteiger partial charge < -0.3 is 39.2 Å². The lowest BCUT2D eigenvalue weighted by Gasteiger charge is -2.37. The molecule has 15 heteroatoms. The van der Waals surface area contributed by atoms with E-state index in [0.29, 0.717) is 29.1 Å². The highest BCUT2D eigenvalue weighted by Crippen LogP contribution is 2.43. The number of anilines is 1. The number of ether oxygens (including phenoxy) is 5. The first-order valence-corrected chi connectivity index (χ1v) is 17.5. The summed E-state index contributed by atoms with van der Waals surface area (Å²) >= 11 is 0. The van der Waals surface area contributed by atoms with E-state index in [4.69, 9.17) is 23.7 Å². The number of rotatable bonds is 15. The zero-order chi connectivity index (χ0) is 38.5. The van der Waals surface area contributed by atoms with Crippen LogP contribution < -0.4 is 19.5 Å². The van der Waals surface area contributed by atoms with Crippen LogP contribution in [-0.4, -0.2) is 87.4 Å². The second-order valence-electron chi connectivity index (χ2n) is 12.8. The van der Waals surface area contributed by atoms with Crippen molar-refractivity contribution in [3.8, 4) is 17.4 Å². The molecule has 7 rings (SSSR count). The van der Waals surface area contributed by atoms with Crippen LogP contribution in [0.5, 0.6) is 17.4 Å². The maximum absolute atomic E-state index is 11.4. The van der Waals surface area contributed by atoms with Gasteiger partial charge >= 0.3 is 0 Å². The smallest absolute Gasteiger partial charge is 0.269 e. The molecule has 55 heavy (non-hydrogen) atoms. The molecule has 0 aliphatic carbocycles. The van der Waals surface area contributed by atoms with E-state index in [-0.39, 0.29) is 30.7 Å². The van der Waals surface area contributed by atoms with Gasteiger partial charge in [0.15, 0.2) is 17.4 Å². The molecule has 2 aromatic heterocycles. The summed E-state index contributed by atoms with van der Waals surface area (Å²) in [7, 11) is 4.87. The van der Waals surface area contributed by atoms with Crippen LogP contribution in [0.15, 0.2) is 109 Å². The number of aromatic nitrogens is 4. The average Bonchev–Trinajstić information content (AvgIpc) is 3.78. The number of imidazole rings is 1. The fourth-order valence-corrected chi connectivity index (χ4v) is 6.72. The molecule has 6 aromatic rings. The van der Waals surface area contributed by atoms with E-state index in [1.54, 1.807) is 33.4 Å². The number of hydrogen-bond acceptors (Lipinski definition) is 13. The molecule has 0 amide bonds. The van der Waals surface area contributed by atoms with Crippen LogP contribution in [0.1, 0.15) is 28.5 Å². The summed E-state index contributed by atoms with van der Waals surface area (Å²) in [5.74, 6) is 1.78. The topological polar surface area (TPSA) is 185 Å². The quantitative estimate of drug-likeness (QED) is 0.0721. The molecule has 1 fully saturated rings. The van der Waals surface area contributed by atoms with E-state index in [1.165, 1.54) is 23.0 Å². The van der Waals surface area contributed by atoms with Gasteiger partial charge in [-0.2, -0.15) is 9.97 Å². The maximum Gasteiger partial charge on any atom is 0.269 e. The molecule has 284 valence electrons. The van der Waals surface area contributed by atoms with Crippen molar-refractivity contribution in [2.24, 2.45) is 0 Å². The number of nitro benzene ring substituents is 1.